The molecule has 0 unspecified atom stereocenters. The summed E-state index contributed by atoms with van der Waals surface area (Å²) in [6.45, 7) is 5.62. The quantitative estimate of drug-likeness (QED) is 0.806. The Morgan fingerprint density at radius 1 is 1.39 bits per heavy atom. The Morgan fingerprint density at radius 3 is 2.87 bits per heavy atom. The van der Waals surface area contributed by atoms with E-state index in [9.17, 15) is 10.1 Å². The van der Waals surface area contributed by atoms with Crippen molar-refractivity contribution in [1.29, 1.82) is 5.26 Å². The Morgan fingerprint density at radius 2 is 2.17 bits per heavy atom. The van der Waals surface area contributed by atoms with E-state index in [0.717, 1.165) is 24.3 Å². The maximum atomic E-state index is 12.4. The lowest BCUT2D eigenvalue weighted by atomic mass is 10.1. The largest absolute Gasteiger partial charge is 0.462 e. The molecular weight excluding hydrogens is 294 g/mol. The van der Waals surface area contributed by atoms with Crippen molar-refractivity contribution in [2.75, 3.05) is 32.9 Å². The summed E-state index contributed by atoms with van der Waals surface area (Å²) < 4.78 is 12.5. The van der Waals surface area contributed by atoms with Gasteiger partial charge in [-0.25, -0.2) is 4.79 Å². The summed E-state index contributed by atoms with van der Waals surface area (Å²) in [4.78, 5) is 14.7. The molecule has 2 aromatic heterocycles. The number of rotatable bonds is 4. The topological polar surface area (TPSA) is 67.0 Å². The molecule has 23 heavy (non-hydrogen) atoms. The van der Waals surface area contributed by atoms with Crippen molar-refractivity contribution in [3.8, 4) is 6.07 Å². The van der Waals surface area contributed by atoms with Crippen molar-refractivity contribution in [2.45, 2.75) is 13.5 Å². The summed E-state index contributed by atoms with van der Waals surface area (Å²) in [5.41, 5.74) is 2.30. The number of hydrogen-bond donors (Lipinski definition) is 0. The minimum absolute atomic E-state index is 0.285. The number of pyridine rings is 1. The van der Waals surface area contributed by atoms with Crippen molar-refractivity contribution in [3.63, 3.8) is 0 Å². The van der Waals surface area contributed by atoms with Crippen molar-refractivity contribution < 1.29 is 14.3 Å². The predicted octanol–water partition coefficient (Wildman–Crippen LogP) is 1.82. The molecule has 0 amide bonds. The number of aromatic nitrogens is 1. The number of fused-ring (bicyclic) bond motifs is 1. The van der Waals surface area contributed by atoms with Gasteiger partial charge < -0.3 is 13.9 Å². The first-order valence-electron chi connectivity index (χ1n) is 7.75. The van der Waals surface area contributed by atoms with Gasteiger partial charge in [-0.3, -0.25) is 4.90 Å². The highest BCUT2D eigenvalue weighted by Crippen LogP contribution is 2.25. The van der Waals surface area contributed by atoms with E-state index in [4.69, 9.17) is 9.47 Å². The lowest BCUT2D eigenvalue weighted by Gasteiger charge is -2.26. The average molecular weight is 313 g/mol. The van der Waals surface area contributed by atoms with Crippen LogP contribution in [0.1, 0.15) is 28.5 Å². The summed E-state index contributed by atoms with van der Waals surface area (Å²) in [7, 11) is 0. The van der Waals surface area contributed by atoms with E-state index >= 15 is 0 Å². The van der Waals surface area contributed by atoms with E-state index in [2.05, 4.69) is 11.0 Å². The Labute approximate surface area is 134 Å². The fourth-order valence-corrected chi connectivity index (χ4v) is 2.94. The standard InChI is InChI=1S/C17H19N3O3/c1-2-23-17(21)16-13(11-18)14-5-3-4-6-20(14)15(16)12-19-7-9-22-10-8-19/h3-6H,2,7-10,12H2,1H3. The fourth-order valence-electron chi connectivity index (χ4n) is 2.94. The van der Waals surface area contributed by atoms with Gasteiger partial charge in [0.25, 0.3) is 0 Å². The Balaban J connectivity index is 2.10. The van der Waals surface area contributed by atoms with E-state index < -0.39 is 5.97 Å². The lowest BCUT2D eigenvalue weighted by Crippen LogP contribution is -2.36. The molecule has 0 spiro atoms. The smallest absolute Gasteiger partial charge is 0.341 e. The van der Waals surface area contributed by atoms with Gasteiger partial charge in [-0.15, -0.1) is 0 Å². The van der Waals surface area contributed by atoms with Crippen LogP contribution in [0.5, 0.6) is 0 Å². The number of hydrogen-bond acceptors (Lipinski definition) is 5. The number of nitriles is 1. The van der Waals surface area contributed by atoms with Crippen LogP contribution < -0.4 is 0 Å². The lowest BCUT2D eigenvalue weighted by molar-refractivity contribution is 0.0330. The zero-order chi connectivity index (χ0) is 16.2. The summed E-state index contributed by atoms with van der Waals surface area (Å²) in [6, 6.07) is 7.78. The second kappa shape index (κ2) is 6.82. The average Bonchev–Trinajstić information content (AvgIpc) is 2.90. The normalized spacial score (nSPS) is 15.5. The zero-order valence-electron chi connectivity index (χ0n) is 13.1. The van der Waals surface area contributed by atoms with E-state index in [-0.39, 0.29) is 6.61 Å². The van der Waals surface area contributed by atoms with Crippen molar-refractivity contribution in [2.24, 2.45) is 0 Å². The molecule has 1 saturated heterocycles. The van der Waals surface area contributed by atoms with Crippen LogP contribution in [0.4, 0.5) is 0 Å². The second-order valence-corrected chi connectivity index (χ2v) is 5.37. The van der Waals surface area contributed by atoms with Crippen LogP contribution in [0.25, 0.3) is 5.52 Å². The number of nitrogens with zero attached hydrogens (tertiary/aromatic N) is 3. The van der Waals surface area contributed by atoms with Gasteiger partial charge in [-0.2, -0.15) is 5.26 Å². The summed E-state index contributed by atoms with van der Waals surface area (Å²) >= 11 is 0. The van der Waals surface area contributed by atoms with E-state index in [1.165, 1.54) is 0 Å². The monoisotopic (exact) mass is 313 g/mol. The number of carbonyl (C=O) groups is 1. The molecule has 6 nitrogen and oxygen atoms in total. The first kappa shape index (κ1) is 15.5. The van der Waals surface area contributed by atoms with Crippen LogP contribution in [0.3, 0.4) is 0 Å². The summed E-state index contributed by atoms with van der Waals surface area (Å²) in [5, 5.41) is 9.55. The van der Waals surface area contributed by atoms with Gasteiger partial charge in [-0.1, -0.05) is 6.07 Å². The van der Waals surface area contributed by atoms with Crippen LogP contribution in [0.2, 0.25) is 0 Å². The molecule has 3 rings (SSSR count). The molecule has 0 atom stereocenters. The molecule has 0 aromatic carbocycles. The first-order chi connectivity index (χ1) is 11.3. The Hall–Kier alpha value is -2.36. The molecule has 1 aliphatic heterocycles. The van der Waals surface area contributed by atoms with Gasteiger partial charge in [0, 0.05) is 25.8 Å². The van der Waals surface area contributed by atoms with Gasteiger partial charge in [0.1, 0.15) is 11.6 Å². The van der Waals surface area contributed by atoms with Gasteiger partial charge in [0.05, 0.1) is 36.6 Å². The maximum absolute atomic E-state index is 12.4. The van der Waals surface area contributed by atoms with Crippen LogP contribution in [-0.2, 0) is 16.0 Å². The molecule has 3 heterocycles. The molecule has 0 N–H and O–H groups in total. The third kappa shape index (κ3) is 2.93. The van der Waals surface area contributed by atoms with Gasteiger partial charge in [0.2, 0.25) is 0 Å². The number of esters is 1. The predicted molar refractivity (Wildman–Crippen MR) is 84.2 cm³/mol. The molecule has 2 aromatic rings. The third-order valence-corrected chi connectivity index (χ3v) is 4.01. The molecule has 1 aliphatic rings. The molecule has 0 saturated carbocycles. The van der Waals surface area contributed by atoms with Crippen molar-refractivity contribution in [3.05, 3.63) is 41.2 Å². The maximum Gasteiger partial charge on any atom is 0.341 e. The molecular formula is C17H19N3O3. The highest BCUT2D eigenvalue weighted by molar-refractivity contribution is 5.97. The fraction of sp³-hybridized carbons (Fsp3) is 0.412. The van der Waals surface area contributed by atoms with E-state index in [1.54, 1.807) is 6.92 Å². The van der Waals surface area contributed by atoms with Crippen LogP contribution in [-0.4, -0.2) is 48.2 Å². The van der Waals surface area contributed by atoms with Crippen molar-refractivity contribution in [1.82, 2.24) is 9.30 Å². The Bertz CT molecular complexity index is 754. The molecule has 0 bridgehead atoms. The Kier molecular flexibility index (Phi) is 4.60. The molecule has 1 fully saturated rings. The van der Waals surface area contributed by atoms with Crippen LogP contribution in [0.15, 0.2) is 24.4 Å². The van der Waals surface area contributed by atoms with E-state index in [1.807, 2.05) is 28.8 Å². The third-order valence-electron chi connectivity index (χ3n) is 4.01. The minimum atomic E-state index is -0.434. The first-order valence-corrected chi connectivity index (χ1v) is 7.75. The molecule has 6 heteroatoms. The van der Waals surface area contributed by atoms with Gasteiger partial charge in [0.15, 0.2) is 0 Å². The zero-order valence-corrected chi connectivity index (χ0v) is 13.1. The molecule has 0 radical (unpaired) electrons. The van der Waals surface area contributed by atoms with E-state index in [0.29, 0.717) is 30.9 Å². The van der Waals surface area contributed by atoms with Gasteiger partial charge in [-0.05, 0) is 19.1 Å². The number of morpholine rings is 1. The number of carbonyl (C=O) groups excluding carboxylic acids is 1. The van der Waals surface area contributed by atoms with Crippen LogP contribution in [0, 0.1) is 11.3 Å². The molecule has 0 aliphatic carbocycles. The minimum Gasteiger partial charge on any atom is -0.462 e. The highest BCUT2D eigenvalue weighted by atomic mass is 16.5. The second-order valence-electron chi connectivity index (χ2n) is 5.37. The van der Waals surface area contributed by atoms with Crippen LogP contribution >= 0.6 is 0 Å². The SMILES string of the molecule is CCOC(=O)c1c(C#N)c2ccccn2c1CN1CCOCC1. The molecule has 120 valence electrons. The highest BCUT2D eigenvalue weighted by Gasteiger charge is 2.26. The van der Waals surface area contributed by atoms with Crippen molar-refractivity contribution >= 4 is 11.5 Å². The summed E-state index contributed by atoms with van der Waals surface area (Å²) in [5.74, 6) is -0.434. The van der Waals surface area contributed by atoms with Gasteiger partial charge >= 0.3 is 5.97 Å². The summed E-state index contributed by atoms with van der Waals surface area (Å²) in [6.07, 6.45) is 1.88. The number of ether oxygens (including phenoxy) is 2.